The van der Waals surface area contributed by atoms with Crippen molar-refractivity contribution >= 4 is 21.6 Å². The number of aromatic nitrogens is 1. The summed E-state index contributed by atoms with van der Waals surface area (Å²) in [5, 5.41) is 0. The van der Waals surface area contributed by atoms with Gasteiger partial charge >= 0.3 is 0 Å². The van der Waals surface area contributed by atoms with Crippen molar-refractivity contribution in [1.82, 2.24) is 4.98 Å². The Morgan fingerprint density at radius 2 is 2.00 bits per heavy atom. The van der Waals surface area contributed by atoms with Crippen molar-refractivity contribution in [3.8, 4) is 0 Å². The first-order chi connectivity index (χ1) is 8.83. The van der Waals surface area contributed by atoms with Crippen LogP contribution in [-0.2, 0) is 0 Å². The fraction of sp³-hybridized carbons (Fsp3) is 0.267. The van der Waals surface area contributed by atoms with E-state index in [2.05, 4.69) is 62.2 Å². The molecule has 3 rings (SSSR count). The maximum Gasteiger partial charge on any atom is 0.0564 e. The maximum absolute atomic E-state index is 4.24. The Balaban J connectivity index is 1.76. The van der Waals surface area contributed by atoms with Gasteiger partial charge in [0, 0.05) is 29.7 Å². The van der Waals surface area contributed by atoms with Crippen LogP contribution in [0.3, 0.4) is 0 Å². The molecule has 2 aromatic rings. The second kappa shape index (κ2) is 5.11. The number of halogens is 1. The Bertz CT molecular complexity index is 527. The molecule has 2 nitrogen and oxygen atoms in total. The summed E-state index contributed by atoms with van der Waals surface area (Å²) in [6, 6.07) is 12.9. The standard InChI is InChI=1S/C15H15BrN2/c16-14-8-15(10-17-9-14)18-7-6-13(11-18)12-4-2-1-3-5-12/h1-5,8-10,13H,6-7,11H2. The predicted octanol–water partition coefficient (Wildman–Crippen LogP) is 3.84. The van der Waals surface area contributed by atoms with Gasteiger partial charge in [0.1, 0.15) is 0 Å². The van der Waals surface area contributed by atoms with E-state index in [4.69, 9.17) is 0 Å². The molecule has 1 saturated heterocycles. The van der Waals surface area contributed by atoms with Crippen molar-refractivity contribution in [1.29, 1.82) is 0 Å². The Hall–Kier alpha value is -1.35. The summed E-state index contributed by atoms with van der Waals surface area (Å²) in [5.41, 5.74) is 2.66. The average molecular weight is 303 g/mol. The molecular formula is C15H15BrN2. The Kier molecular flexibility index (Phi) is 3.33. The summed E-state index contributed by atoms with van der Waals surface area (Å²) in [4.78, 5) is 6.65. The molecule has 1 unspecified atom stereocenters. The number of hydrogen-bond donors (Lipinski definition) is 0. The second-order valence-corrected chi connectivity index (χ2v) is 5.62. The molecule has 1 atom stereocenters. The van der Waals surface area contributed by atoms with Crippen LogP contribution in [0.25, 0.3) is 0 Å². The van der Waals surface area contributed by atoms with Crippen LogP contribution >= 0.6 is 15.9 Å². The quantitative estimate of drug-likeness (QED) is 0.838. The number of benzene rings is 1. The number of nitrogens with zero attached hydrogens (tertiary/aromatic N) is 2. The molecule has 0 bridgehead atoms. The van der Waals surface area contributed by atoms with E-state index in [-0.39, 0.29) is 0 Å². The van der Waals surface area contributed by atoms with Gasteiger partial charge in [0.05, 0.1) is 11.9 Å². The summed E-state index contributed by atoms with van der Waals surface area (Å²) < 4.78 is 1.04. The fourth-order valence-electron chi connectivity index (χ4n) is 2.57. The Labute approximate surface area is 116 Å². The average Bonchev–Trinajstić information content (AvgIpc) is 2.89. The highest BCUT2D eigenvalue weighted by atomic mass is 79.9. The minimum absolute atomic E-state index is 0.644. The zero-order chi connectivity index (χ0) is 12.4. The molecule has 0 N–H and O–H groups in total. The molecule has 0 spiro atoms. The number of hydrogen-bond acceptors (Lipinski definition) is 2. The largest absolute Gasteiger partial charge is 0.370 e. The summed E-state index contributed by atoms with van der Waals surface area (Å²) in [5.74, 6) is 0.644. The summed E-state index contributed by atoms with van der Waals surface area (Å²) in [7, 11) is 0. The molecule has 0 saturated carbocycles. The molecule has 1 aliphatic heterocycles. The third kappa shape index (κ3) is 2.41. The van der Waals surface area contributed by atoms with E-state index >= 15 is 0 Å². The SMILES string of the molecule is Brc1cncc(N2CCC(c3ccccc3)C2)c1. The minimum Gasteiger partial charge on any atom is -0.370 e. The minimum atomic E-state index is 0.644. The third-order valence-electron chi connectivity index (χ3n) is 3.51. The molecule has 1 aliphatic rings. The van der Waals surface area contributed by atoms with E-state index in [1.165, 1.54) is 17.7 Å². The molecule has 1 aromatic carbocycles. The number of rotatable bonds is 2. The highest BCUT2D eigenvalue weighted by molar-refractivity contribution is 9.10. The normalized spacial score (nSPS) is 19.2. The van der Waals surface area contributed by atoms with Gasteiger partial charge in [0.15, 0.2) is 0 Å². The number of pyridine rings is 1. The van der Waals surface area contributed by atoms with E-state index in [9.17, 15) is 0 Å². The van der Waals surface area contributed by atoms with Gasteiger partial charge in [-0.1, -0.05) is 30.3 Å². The second-order valence-electron chi connectivity index (χ2n) is 4.70. The first-order valence-electron chi connectivity index (χ1n) is 6.23. The maximum atomic E-state index is 4.24. The van der Waals surface area contributed by atoms with E-state index in [1.54, 1.807) is 0 Å². The van der Waals surface area contributed by atoms with Crippen molar-refractivity contribution < 1.29 is 0 Å². The van der Waals surface area contributed by atoms with Gasteiger partial charge in [-0.25, -0.2) is 0 Å². The Morgan fingerprint density at radius 3 is 2.78 bits per heavy atom. The highest BCUT2D eigenvalue weighted by Gasteiger charge is 2.23. The van der Waals surface area contributed by atoms with Crippen molar-refractivity contribution in [2.75, 3.05) is 18.0 Å². The lowest BCUT2D eigenvalue weighted by molar-refractivity contribution is 0.775. The molecule has 0 aliphatic carbocycles. The topological polar surface area (TPSA) is 16.1 Å². The van der Waals surface area contributed by atoms with E-state index in [0.29, 0.717) is 5.92 Å². The fourth-order valence-corrected chi connectivity index (χ4v) is 2.92. The van der Waals surface area contributed by atoms with Gasteiger partial charge in [-0.15, -0.1) is 0 Å². The lowest BCUT2D eigenvalue weighted by Crippen LogP contribution is -2.19. The van der Waals surface area contributed by atoms with Gasteiger partial charge in [-0.2, -0.15) is 0 Å². The molecule has 2 heterocycles. The first-order valence-corrected chi connectivity index (χ1v) is 7.02. The molecule has 1 aromatic heterocycles. The zero-order valence-corrected chi connectivity index (χ0v) is 11.7. The third-order valence-corrected chi connectivity index (χ3v) is 3.95. The van der Waals surface area contributed by atoms with E-state index < -0.39 is 0 Å². The molecule has 0 amide bonds. The summed E-state index contributed by atoms with van der Waals surface area (Å²) >= 11 is 3.48. The molecule has 3 heteroatoms. The van der Waals surface area contributed by atoms with Crippen LogP contribution in [0.15, 0.2) is 53.3 Å². The van der Waals surface area contributed by atoms with Crippen LogP contribution in [0.5, 0.6) is 0 Å². The number of anilines is 1. The molecule has 18 heavy (non-hydrogen) atoms. The molecular weight excluding hydrogens is 288 g/mol. The van der Waals surface area contributed by atoms with E-state index in [1.807, 2.05) is 12.4 Å². The zero-order valence-electron chi connectivity index (χ0n) is 10.1. The van der Waals surface area contributed by atoms with Crippen molar-refractivity contribution in [2.45, 2.75) is 12.3 Å². The lowest BCUT2D eigenvalue weighted by Gasteiger charge is -2.18. The summed E-state index contributed by atoms with van der Waals surface area (Å²) in [6.45, 7) is 2.19. The van der Waals surface area contributed by atoms with Gasteiger partial charge in [0.2, 0.25) is 0 Å². The molecule has 1 fully saturated rings. The smallest absolute Gasteiger partial charge is 0.0564 e. The van der Waals surface area contributed by atoms with Crippen LogP contribution in [0.1, 0.15) is 17.9 Å². The van der Waals surface area contributed by atoms with Crippen LogP contribution in [0, 0.1) is 0 Å². The monoisotopic (exact) mass is 302 g/mol. The summed E-state index contributed by atoms with van der Waals surface area (Å²) in [6.07, 6.45) is 4.99. The van der Waals surface area contributed by atoms with Crippen molar-refractivity contribution in [3.63, 3.8) is 0 Å². The predicted molar refractivity (Wildman–Crippen MR) is 78.0 cm³/mol. The first kappa shape index (κ1) is 11.7. The lowest BCUT2D eigenvalue weighted by atomic mass is 9.99. The van der Waals surface area contributed by atoms with Crippen molar-refractivity contribution in [2.24, 2.45) is 0 Å². The van der Waals surface area contributed by atoms with E-state index in [0.717, 1.165) is 17.6 Å². The van der Waals surface area contributed by atoms with Crippen LogP contribution < -0.4 is 4.90 Å². The van der Waals surface area contributed by atoms with Crippen molar-refractivity contribution in [3.05, 3.63) is 58.8 Å². The van der Waals surface area contributed by atoms with Crippen LogP contribution in [0.4, 0.5) is 5.69 Å². The van der Waals surface area contributed by atoms with Crippen LogP contribution in [0.2, 0.25) is 0 Å². The highest BCUT2D eigenvalue weighted by Crippen LogP contribution is 2.31. The Morgan fingerprint density at radius 1 is 1.17 bits per heavy atom. The molecule has 0 radical (unpaired) electrons. The molecule has 92 valence electrons. The van der Waals surface area contributed by atoms with Gasteiger partial charge in [-0.05, 0) is 34.0 Å². The van der Waals surface area contributed by atoms with Gasteiger partial charge < -0.3 is 4.90 Å². The van der Waals surface area contributed by atoms with Gasteiger partial charge in [-0.3, -0.25) is 4.98 Å². The van der Waals surface area contributed by atoms with Gasteiger partial charge in [0.25, 0.3) is 0 Å². The van der Waals surface area contributed by atoms with Crippen LogP contribution in [-0.4, -0.2) is 18.1 Å².